The van der Waals surface area contributed by atoms with E-state index in [1.807, 2.05) is 6.07 Å². The Bertz CT molecular complexity index is 1540. The van der Waals surface area contributed by atoms with Gasteiger partial charge in [-0.1, -0.05) is 70.3 Å². The number of aliphatic hydroxyl groups is 1. The van der Waals surface area contributed by atoms with Crippen LogP contribution >= 0.6 is 34.8 Å². The maximum atomic E-state index is 12.7. The molecule has 206 valence electrons. The van der Waals surface area contributed by atoms with Crippen molar-refractivity contribution in [3.05, 3.63) is 98.7 Å². The van der Waals surface area contributed by atoms with Crippen LogP contribution in [0, 0.1) is 0 Å². The van der Waals surface area contributed by atoms with Gasteiger partial charge in [0.25, 0.3) is 0 Å². The van der Waals surface area contributed by atoms with Gasteiger partial charge in [-0.25, -0.2) is 4.21 Å². The van der Waals surface area contributed by atoms with Crippen LogP contribution in [-0.4, -0.2) is 20.6 Å². The fraction of sp³-hybridized carbons (Fsp3) is 0.276. The van der Waals surface area contributed by atoms with Crippen molar-refractivity contribution in [2.45, 2.75) is 54.8 Å². The molecule has 3 unspecified atom stereocenters. The van der Waals surface area contributed by atoms with E-state index in [4.69, 9.17) is 48.2 Å². The Morgan fingerprint density at radius 1 is 0.976 bits per heavy atom. The molecule has 1 heterocycles. The van der Waals surface area contributed by atoms with E-state index in [2.05, 4.69) is 5.16 Å². The molecule has 3 atom stereocenters. The molecule has 1 N–H and O–H groups in total. The predicted molar refractivity (Wildman–Crippen MR) is 153 cm³/mol. The molecule has 2 aliphatic rings. The molecule has 0 radical (unpaired) electrons. The molecule has 0 bridgehead atoms. The minimum atomic E-state index is -1.70. The standard InChI is InChI=1S/C29H24Cl3NO5S.2Na.2H/c30-22-7-4-8-23(31)26(22)27-20(28(37-33-27)17-9-10-17)16-36-18-11-12-21(24(32)15-18)29(34)14-13-25(29)38-39(35)19-5-2-1-3-6-19;;;;/h1-8,11-12,15,17,25,34H,9-10,13-14,16H2;;;;/q;2*+1;2*-1. The molecule has 6 nitrogen and oxygen atoms in total. The van der Waals surface area contributed by atoms with Crippen LogP contribution in [0.1, 0.15) is 51.3 Å². The second kappa shape index (κ2) is 14.1. The van der Waals surface area contributed by atoms with Gasteiger partial charge in [0.05, 0.1) is 25.5 Å². The van der Waals surface area contributed by atoms with Crippen LogP contribution in [0.25, 0.3) is 11.3 Å². The van der Waals surface area contributed by atoms with Gasteiger partial charge < -0.3 is 17.2 Å². The van der Waals surface area contributed by atoms with Gasteiger partial charge in [0, 0.05) is 17.0 Å². The first-order chi connectivity index (χ1) is 18.8. The average molecular weight is 653 g/mol. The molecular formula is C29H26Cl3NNa2O5S. The summed E-state index contributed by atoms with van der Waals surface area (Å²) in [6.45, 7) is 0.175. The summed E-state index contributed by atoms with van der Waals surface area (Å²) >= 11 is 17.8. The first-order valence-electron chi connectivity index (χ1n) is 12.6. The Morgan fingerprint density at radius 3 is 2.29 bits per heavy atom. The number of aromatic nitrogens is 1. The van der Waals surface area contributed by atoms with Gasteiger partial charge in [-0.3, -0.25) is 4.18 Å². The normalized spacial score (nSPS) is 20.3. The zero-order valence-corrected chi connectivity index (χ0v) is 29.7. The summed E-state index contributed by atoms with van der Waals surface area (Å²) in [5.74, 6) is 1.58. The molecule has 12 heteroatoms. The van der Waals surface area contributed by atoms with Gasteiger partial charge in [-0.05, 0) is 62.1 Å². The zero-order chi connectivity index (χ0) is 27.1. The fourth-order valence-electron chi connectivity index (χ4n) is 4.80. The summed E-state index contributed by atoms with van der Waals surface area (Å²) in [5, 5.41) is 17.0. The van der Waals surface area contributed by atoms with E-state index in [0.29, 0.717) is 61.3 Å². The van der Waals surface area contributed by atoms with E-state index < -0.39 is 22.8 Å². The number of rotatable bonds is 9. The largest absolute Gasteiger partial charge is 1.00 e. The monoisotopic (exact) mass is 651 g/mol. The van der Waals surface area contributed by atoms with Crippen molar-refractivity contribution < 1.29 is 84.7 Å². The molecule has 2 aliphatic carbocycles. The van der Waals surface area contributed by atoms with Crippen molar-refractivity contribution in [3.63, 3.8) is 0 Å². The van der Waals surface area contributed by atoms with Crippen LogP contribution in [0.5, 0.6) is 5.75 Å². The second-order valence-electron chi connectivity index (χ2n) is 9.77. The van der Waals surface area contributed by atoms with E-state index in [-0.39, 0.29) is 68.6 Å². The molecule has 4 aromatic rings. The topological polar surface area (TPSA) is 81.8 Å². The molecule has 6 rings (SSSR count). The minimum Gasteiger partial charge on any atom is -1.00 e. The van der Waals surface area contributed by atoms with Gasteiger partial charge in [0.15, 0.2) is 11.1 Å². The third-order valence-corrected chi connectivity index (χ3v) is 9.22. The molecule has 2 saturated carbocycles. The number of hydrogen-bond acceptors (Lipinski definition) is 6. The summed E-state index contributed by atoms with van der Waals surface area (Å²) in [6, 6.07) is 19.3. The Morgan fingerprint density at radius 2 is 1.68 bits per heavy atom. The van der Waals surface area contributed by atoms with E-state index >= 15 is 0 Å². The van der Waals surface area contributed by atoms with Crippen molar-refractivity contribution in [2.24, 2.45) is 0 Å². The van der Waals surface area contributed by atoms with Crippen molar-refractivity contribution in [3.8, 4) is 17.0 Å². The maximum absolute atomic E-state index is 12.7. The van der Waals surface area contributed by atoms with Crippen LogP contribution in [-0.2, 0) is 27.5 Å². The zero-order valence-electron chi connectivity index (χ0n) is 24.6. The van der Waals surface area contributed by atoms with Gasteiger partial charge in [-0.15, -0.1) is 0 Å². The molecule has 41 heavy (non-hydrogen) atoms. The third-order valence-electron chi connectivity index (χ3n) is 7.22. The molecule has 0 amide bonds. The van der Waals surface area contributed by atoms with Crippen LogP contribution in [0.3, 0.4) is 0 Å². The molecule has 3 aromatic carbocycles. The Hall–Kier alpha value is -0.390. The SMILES string of the molecule is O=S(OC1CCC1(O)c1ccc(OCc2c(-c3c(Cl)cccc3Cl)noc2C2CC2)cc1Cl)c1ccccc1.[H-].[H-].[Na+].[Na+]. The molecular weight excluding hydrogens is 627 g/mol. The summed E-state index contributed by atoms with van der Waals surface area (Å²) in [4.78, 5) is 0.540. The van der Waals surface area contributed by atoms with Crippen molar-refractivity contribution >= 4 is 45.9 Å². The van der Waals surface area contributed by atoms with E-state index in [1.165, 1.54) is 0 Å². The fourth-order valence-corrected chi connectivity index (χ4v) is 6.67. The summed E-state index contributed by atoms with van der Waals surface area (Å²) in [7, 11) is 0. The summed E-state index contributed by atoms with van der Waals surface area (Å²) in [5.41, 5.74) is 1.12. The summed E-state index contributed by atoms with van der Waals surface area (Å²) < 4.78 is 30.2. The first-order valence-corrected chi connectivity index (χ1v) is 14.8. The maximum Gasteiger partial charge on any atom is 1.00 e. The summed E-state index contributed by atoms with van der Waals surface area (Å²) in [6.07, 6.45) is 2.40. The quantitative estimate of drug-likeness (QED) is 0.279. The van der Waals surface area contributed by atoms with Crippen LogP contribution in [0.4, 0.5) is 0 Å². The van der Waals surface area contributed by atoms with Gasteiger partial charge in [0.2, 0.25) is 0 Å². The molecule has 2 fully saturated rings. The van der Waals surface area contributed by atoms with Gasteiger partial charge >= 0.3 is 59.1 Å². The Labute approximate surface area is 303 Å². The Balaban J connectivity index is 0.00000161. The smallest absolute Gasteiger partial charge is 1.00 e. The average Bonchev–Trinajstić information content (AvgIpc) is 3.70. The number of ether oxygens (including phenoxy) is 1. The van der Waals surface area contributed by atoms with Crippen LogP contribution in [0.15, 0.2) is 76.1 Å². The number of halogens is 3. The predicted octanol–water partition coefficient (Wildman–Crippen LogP) is 2.08. The van der Waals surface area contributed by atoms with E-state index in [0.717, 1.165) is 24.2 Å². The van der Waals surface area contributed by atoms with Crippen LogP contribution < -0.4 is 63.9 Å². The van der Waals surface area contributed by atoms with Crippen molar-refractivity contribution in [1.29, 1.82) is 0 Å². The molecule has 0 spiro atoms. The van der Waals surface area contributed by atoms with Crippen molar-refractivity contribution in [2.75, 3.05) is 0 Å². The first kappa shape index (κ1) is 33.5. The minimum absolute atomic E-state index is 0. The van der Waals surface area contributed by atoms with E-state index in [1.54, 1.807) is 60.7 Å². The van der Waals surface area contributed by atoms with Gasteiger partial charge in [-0.2, -0.15) is 0 Å². The number of benzene rings is 3. The molecule has 0 aliphatic heterocycles. The molecule has 0 saturated heterocycles. The Kier molecular flexibility index (Phi) is 11.6. The van der Waals surface area contributed by atoms with Gasteiger partial charge in [0.1, 0.15) is 35.5 Å². The van der Waals surface area contributed by atoms with E-state index in [9.17, 15) is 9.32 Å². The van der Waals surface area contributed by atoms with Crippen molar-refractivity contribution in [1.82, 2.24) is 5.16 Å². The molecule has 1 aromatic heterocycles. The number of hydrogen-bond donors (Lipinski definition) is 1. The second-order valence-corrected chi connectivity index (χ2v) is 12.1. The number of nitrogens with zero attached hydrogens (tertiary/aromatic N) is 1. The van der Waals surface area contributed by atoms with Crippen LogP contribution in [0.2, 0.25) is 15.1 Å². The third kappa shape index (κ3) is 6.98.